The van der Waals surface area contributed by atoms with Gasteiger partial charge in [0.2, 0.25) is 0 Å². The molecule has 2 atom stereocenters. The van der Waals surface area contributed by atoms with Crippen LogP contribution in [0, 0.1) is 11.7 Å². The molecule has 1 fully saturated rings. The Morgan fingerprint density at radius 2 is 2.11 bits per heavy atom. The standard InChI is InChI=1S/C16H25FN2/c1-13-6-5-10-19(11-9-13)12-16(18-2)14-7-3-4-8-15(14)17/h3-4,7-8,13,16,18H,5-6,9-12H2,1-2H3. The molecule has 0 amide bonds. The van der Waals surface area contributed by atoms with E-state index in [1.165, 1.54) is 19.3 Å². The Labute approximate surface area is 116 Å². The summed E-state index contributed by atoms with van der Waals surface area (Å²) >= 11 is 0. The monoisotopic (exact) mass is 264 g/mol. The van der Waals surface area contributed by atoms with Gasteiger partial charge in [0.1, 0.15) is 5.82 Å². The lowest BCUT2D eigenvalue weighted by atomic mass is 10.0. The van der Waals surface area contributed by atoms with Crippen molar-refractivity contribution in [2.24, 2.45) is 5.92 Å². The fraction of sp³-hybridized carbons (Fsp3) is 0.625. The predicted octanol–water partition coefficient (Wildman–Crippen LogP) is 3.21. The highest BCUT2D eigenvalue weighted by Crippen LogP contribution is 2.21. The van der Waals surface area contributed by atoms with E-state index in [0.29, 0.717) is 0 Å². The average Bonchev–Trinajstić information content (AvgIpc) is 2.62. The summed E-state index contributed by atoms with van der Waals surface area (Å²) in [6.45, 7) is 5.49. The molecule has 2 unspecified atom stereocenters. The highest BCUT2D eigenvalue weighted by Gasteiger charge is 2.19. The van der Waals surface area contributed by atoms with Gasteiger partial charge in [-0.2, -0.15) is 0 Å². The van der Waals surface area contributed by atoms with E-state index < -0.39 is 0 Å². The lowest BCUT2D eigenvalue weighted by Gasteiger charge is -2.26. The lowest BCUT2D eigenvalue weighted by Crippen LogP contribution is -2.35. The van der Waals surface area contributed by atoms with Gasteiger partial charge in [-0.05, 0) is 51.4 Å². The molecule has 2 nitrogen and oxygen atoms in total. The molecule has 106 valence electrons. The van der Waals surface area contributed by atoms with Gasteiger partial charge >= 0.3 is 0 Å². The second kappa shape index (κ2) is 7.01. The normalized spacial score (nSPS) is 23.0. The van der Waals surface area contributed by atoms with Crippen LogP contribution in [0.5, 0.6) is 0 Å². The van der Waals surface area contributed by atoms with E-state index in [4.69, 9.17) is 0 Å². The molecule has 19 heavy (non-hydrogen) atoms. The summed E-state index contributed by atoms with van der Waals surface area (Å²) in [7, 11) is 1.91. The van der Waals surface area contributed by atoms with Crippen molar-refractivity contribution in [3.8, 4) is 0 Å². The molecule has 1 aromatic carbocycles. The van der Waals surface area contributed by atoms with Crippen LogP contribution >= 0.6 is 0 Å². The molecule has 0 aromatic heterocycles. The van der Waals surface area contributed by atoms with Gasteiger partial charge in [0.25, 0.3) is 0 Å². The zero-order valence-electron chi connectivity index (χ0n) is 12.0. The van der Waals surface area contributed by atoms with Crippen LogP contribution in [0.1, 0.15) is 37.8 Å². The second-order valence-electron chi connectivity index (χ2n) is 5.70. The molecule has 1 aliphatic heterocycles. The van der Waals surface area contributed by atoms with Crippen LogP contribution in [-0.2, 0) is 0 Å². The zero-order chi connectivity index (χ0) is 13.7. The van der Waals surface area contributed by atoms with Gasteiger partial charge in [-0.3, -0.25) is 0 Å². The molecule has 1 N–H and O–H groups in total. The predicted molar refractivity (Wildman–Crippen MR) is 77.7 cm³/mol. The fourth-order valence-electron chi connectivity index (χ4n) is 2.87. The molecule has 1 aliphatic rings. The SMILES string of the molecule is CNC(CN1CCCC(C)CC1)c1ccccc1F. The van der Waals surface area contributed by atoms with Crippen molar-refractivity contribution in [1.29, 1.82) is 0 Å². The number of nitrogens with one attached hydrogen (secondary N) is 1. The van der Waals surface area contributed by atoms with Crippen molar-refractivity contribution in [3.05, 3.63) is 35.6 Å². The van der Waals surface area contributed by atoms with E-state index in [-0.39, 0.29) is 11.9 Å². The number of hydrogen-bond acceptors (Lipinski definition) is 2. The van der Waals surface area contributed by atoms with Gasteiger partial charge in [-0.25, -0.2) is 4.39 Å². The van der Waals surface area contributed by atoms with Gasteiger partial charge in [0.15, 0.2) is 0 Å². The van der Waals surface area contributed by atoms with E-state index in [1.54, 1.807) is 12.1 Å². The maximum atomic E-state index is 13.9. The molecule has 0 saturated carbocycles. The first-order valence-corrected chi connectivity index (χ1v) is 7.34. The third kappa shape index (κ3) is 4.02. The fourth-order valence-corrected chi connectivity index (χ4v) is 2.87. The first-order valence-electron chi connectivity index (χ1n) is 7.34. The molecule has 1 saturated heterocycles. The Balaban J connectivity index is 2.01. The first-order chi connectivity index (χ1) is 9.20. The van der Waals surface area contributed by atoms with Crippen LogP contribution in [0.3, 0.4) is 0 Å². The summed E-state index contributed by atoms with van der Waals surface area (Å²) in [6, 6.07) is 7.17. The molecule has 3 heteroatoms. The van der Waals surface area contributed by atoms with Crippen LogP contribution in [-0.4, -0.2) is 31.6 Å². The van der Waals surface area contributed by atoms with Gasteiger partial charge in [0, 0.05) is 18.2 Å². The Bertz CT molecular complexity index is 394. The Morgan fingerprint density at radius 3 is 2.84 bits per heavy atom. The van der Waals surface area contributed by atoms with E-state index in [0.717, 1.165) is 31.1 Å². The van der Waals surface area contributed by atoms with Gasteiger partial charge in [-0.1, -0.05) is 25.1 Å². The smallest absolute Gasteiger partial charge is 0.128 e. The Hall–Kier alpha value is -0.930. The van der Waals surface area contributed by atoms with Crippen LogP contribution in [0.25, 0.3) is 0 Å². The largest absolute Gasteiger partial charge is 0.312 e. The van der Waals surface area contributed by atoms with Crippen molar-refractivity contribution >= 4 is 0 Å². The number of likely N-dealkylation sites (N-methyl/N-ethyl adjacent to an activating group) is 1. The molecule has 0 radical (unpaired) electrons. The van der Waals surface area contributed by atoms with Crippen molar-refractivity contribution in [3.63, 3.8) is 0 Å². The summed E-state index contributed by atoms with van der Waals surface area (Å²) in [4.78, 5) is 2.47. The molecular formula is C16H25FN2. The quantitative estimate of drug-likeness (QED) is 0.898. The van der Waals surface area contributed by atoms with Crippen molar-refractivity contribution < 1.29 is 4.39 Å². The number of likely N-dealkylation sites (tertiary alicyclic amines) is 1. The maximum Gasteiger partial charge on any atom is 0.128 e. The molecule has 2 rings (SSSR count). The number of halogens is 1. The Morgan fingerprint density at radius 1 is 1.32 bits per heavy atom. The van der Waals surface area contributed by atoms with Gasteiger partial charge in [-0.15, -0.1) is 0 Å². The molecule has 0 aliphatic carbocycles. The van der Waals surface area contributed by atoms with E-state index >= 15 is 0 Å². The van der Waals surface area contributed by atoms with Crippen LogP contribution in [0.15, 0.2) is 24.3 Å². The third-order valence-corrected chi connectivity index (χ3v) is 4.18. The summed E-state index contributed by atoms with van der Waals surface area (Å²) in [6.07, 6.45) is 3.84. The van der Waals surface area contributed by atoms with Crippen molar-refractivity contribution in [2.45, 2.75) is 32.2 Å². The number of benzene rings is 1. The molecule has 1 heterocycles. The van der Waals surface area contributed by atoms with Crippen LogP contribution in [0.4, 0.5) is 4.39 Å². The first kappa shape index (κ1) is 14.5. The Kier molecular flexibility index (Phi) is 5.34. The van der Waals surface area contributed by atoms with E-state index in [9.17, 15) is 4.39 Å². The molecule has 0 bridgehead atoms. The highest BCUT2D eigenvalue weighted by molar-refractivity contribution is 5.21. The van der Waals surface area contributed by atoms with Crippen LogP contribution < -0.4 is 5.32 Å². The zero-order valence-corrected chi connectivity index (χ0v) is 12.0. The average molecular weight is 264 g/mol. The second-order valence-corrected chi connectivity index (χ2v) is 5.70. The van der Waals surface area contributed by atoms with Crippen molar-refractivity contribution in [1.82, 2.24) is 10.2 Å². The molecular weight excluding hydrogens is 239 g/mol. The minimum Gasteiger partial charge on any atom is -0.312 e. The topological polar surface area (TPSA) is 15.3 Å². The van der Waals surface area contributed by atoms with Gasteiger partial charge < -0.3 is 10.2 Å². The van der Waals surface area contributed by atoms with E-state index in [2.05, 4.69) is 17.1 Å². The summed E-state index contributed by atoms with van der Waals surface area (Å²) < 4.78 is 13.9. The van der Waals surface area contributed by atoms with Gasteiger partial charge in [0.05, 0.1) is 0 Å². The number of hydrogen-bond donors (Lipinski definition) is 1. The summed E-state index contributed by atoms with van der Waals surface area (Å²) in [5, 5.41) is 3.26. The van der Waals surface area contributed by atoms with E-state index in [1.807, 2.05) is 19.2 Å². The molecule has 0 spiro atoms. The number of nitrogens with zero attached hydrogens (tertiary/aromatic N) is 1. The molecule has 1 aromatic rings. The summed E-state index contributed by atoms with van der Waals surface area (Å²) in [5.74, 6) is 0.719. The number of rotatable bonds is 4. The van der Waals surface area contributed by atoms with Crippen LogP contribution in [0.2, 0.25) is 0 Å². The summed E-state index contributed by atoms with van der Waals surface area (Å²) in [5.41, 5.74) is 0.780. The minimum absolute atomic E-state index is 0.0783. The lowest BCUT2D eigenvalue weighted by molar-refractivity contribution is 0.251. The van der Waals surface area contributed by atoms with Crippen molar-refractivity contribution in [2.75, 3.05) is 26.7 Å². The maximum absolute atomic E-state index is 13.9. The third-order valence-electron chi connectivity index (χ3n) is 4.18. The minimum atomic E-state index is -0.106. The highest BCUT2D eigenvalue weighted by atomic mass is 19.1.